The second kappa shape index (κ2) is 7.23. The van der Waals surface area contributed by atoms with Crippen LogP contribution in [-0.2, 0) is 14.8 Å². The van der Waals surface area contributed by atoms with Crippen LogP contribution in [0.25, 0.3) is 0 Å². The molecule has 0 saturated carbocycles. The summed E-state index contributed by atoms with van der Waals surface area (Å²) in [6, 6.07) is 10.1. The van der Waals surface area contributed by atoms with Gasteiger partial charge in [0.1, 0.15) is 5.82 Å². The second-order valence-corrected chi connectivity index (χ2v) is 7.75. The molecule has 0 bridgehead atoms. The fourth-order valence-electron chi connectivity index (χ4n) is 2.29. The molecule has 2 aromatic carbocycles. The second-order valence-electron chi connectivity index (χ2n) is 6.07. The van der Waals surface area contributed by atoms with Crippen LogP contribution >= 0.6 is 0 Å². The molecule has 0 aliphatic carbocycles. The molecule has 0 aliphatic heterocycles. The van der Waals surface area contributed by atoms with Gasteiger partial charge in [0.15, 0.2) is 0 Å². The zero-order chi connectivity index (χ0) is 18.8. The van der Waals surface area contributed by atoms with Gasteiger partial charge in [-0.3, -0.25) is 9.52 Å². The largest absolute Gasteiger partial charge is 0.314 e. The summed E-state index contributed by atoms with van der Waals surface area (Å²) in [7, 11) is -2.42. The van der Waals surface area contributed by atoms with Crippen molar-refractivity contribution in [3.05, 3.63) is 53.8 Å². The topological polar surface area (TPSA) is 66.5 Å². The van der Waals surface area contributed by atoms with Crippen molar-refractivity contribution in [3.8, 4) is 0 Å². The van der Waals surface area contributed by atoms with Crippen molar-refractivity contribution >= 4 is 27.3 Å². The number of sulfonamides is 1. The van der Waals surface area contributed by atoms with Crippen LogP contribution in [0.1, 0.15) is 32.3 Å². The quantitative estimate of drug-likeness (QED) is 0.879. The van der Waals surface area contributed by atoms with Crippen molar-refractivity contribution in [1.82, 2.24) is 0 Å². The van der Waals surface area contributed by atoms with E-state index >= 15 is 0 Å². The third-order valence-corrected chi connectivity index (χ3v) is 5.28. The van der Waals surface area contributed by atoms with Gasteiger partial charge in [-0.2, -0.15) is 0 Å². The van der Waals surface area contributed by atoms with E-state index in [9.17, 15) is 17.6 Å². The number of carbonyl (C=O) groups excluding carboxylic acids is 1. The Morgan fingerprint density at radius 2 is 1.72 bits per heavy atom. The lowest BCUT2D eigenvalue weighted by Crippen LogP contribution is -2.25. The molecule has 0 aliphatic rings. The summed E-state index contributed by atoms with van der Waals surface area (Å²) in [5.41, 5.74) is 1.30. The number of hydrogen-bond acceptors (Lipinski definition) is 3. The number of benzene rings is 2. The number of halogens is 1. The van der Waals surface area contributed by atoms with Gasteiger partial charge in [-0.05, 0) is 35.7 Å². The monoisotopic (exact) mass is 364 g/mol. The van der Waals surface area contributed by atoms with Crippen LogP contribution in [0, 0.1) is 5.82 Å². The molecule has 0 unspecified atom stereocenters. The molecule has 0 aromatic heterocycles. The molecule has 25 heavy (non-hydrogen) atoms. The molecular formula is C18H21FN2O3S. The van der Waals surface area contributed by atoms with E-state index in [4.69, 9.17) is 0 Å². The van der Waals surface area contributed by atoms with Crippen LogP contribution < -0.4 is 9.62 Å². The van der Waals surface area contributed by atoms with Gasteiger partial charge in [0.2, 0.25) is 5.91 Å². The highest BCUT2D eigenvalue weighted by molar-refractivity contribution is 7.92. The Morgan fingerprint density at radius 3 is 2.24 bits per heavy atom. The zero-order valence-corrected chi connectivity index (χ0v) is 15.4. The van der Waals surface area contributed by atoms with Crippen LogP contribution in [0.3, 0.4) is 0 Å². The van der Waals surface area contributed by atoms with Crippen molar-refractivity contribution in [2.75, 3.05) is 16.7 Å². The van der Waals surface area contributed by atoms with E-state index in [0.29, 0.717) is 0 Å². The Bertz CT molecular complexity index is 878. The van der Waals surface area contributed by atoms with Gasteiger partial charge in [-0.1, -0.05) is 26.0 Å². The number of rotatable bonds is 5. The summed E-state index contributed by atoms with van der Waals surface area (Å²) in [4.78, 5) is 12.9. The molecule has 1 amide bonds. The molecule has 0 radical (unpaired) electrons. The van der Waals surface area contributed by atoms with E-state index in [1.807, 2.05) is 13.8 Å². The molecule has 5 nitrogen and oxygen atoms in total. The van der Waals surface area contributed by atoms with Gasteiger partial charge in [0, 0.05) is 20.0 Å². The standard InChI is InChI=1S/C18H21FN2O3S/c1-12(2)14-5-8-16(9-6-14)25(23,24)20-17-11-15(19)7-10-18(17)21(4)13(3)22/h5-12,20H,1-4H3. The van der Waals surface area contributed by atoms with Gasteiger partial charge < -0.3 is 4.90 Å². The van der Waals surface area contributed by atoms with E-state index in [-0.39, 0.29) is 28.1 Å². The van der Waals surface area contributed by atoms with E-state index in [1.165, 1.54) is 43.1 Å². The summed E-state index contributed by atoms with van der Waals surface area (Å²) in [6.45, 7) is 5.36. The first kappa shape index (κ1) is 18.9. The summed E-state index contributed by atoms with van der Waals surface area (Å²) < 4.78 is 41.2. The minimum absolute atomic E-state index is 0.00522. The molecule has 0 fully saturated rings. The lowest BCUT2D eigenvalue weighted by molar-refractivity contribution is -0.116. The molecule has 0 spiro atoms. The predicted molar refractivity (Wildman–Crippen MR) is 96.8 cm³/mol. The van der Waals surface area contributed by atoms with E-state index in [1.54, 1.807) is 12.1 Å². The summed E-state index contributed by atoms with van der Waals surface area (Å²) >= 11 is 0. The van der Waals surface area contributed by atoms with Crippen LogP contribution in [0.5, 0.6) is 0 Å². The normalized spacial score (nSPS) is 11.4. The maximum atomic E-state index is 13.6. The lowest BCUT2D eigenvalue weighted by Gasteiger charge is -2.20. The zero-order valence-electron chi connectivity index (χ0n) is 14.6. The molecule has 0 atom stereocenters. The van der Waals surface area contributed by atoms with Crippen molar-refractivity contribution in [3.63, 3.8) is 0 Å². The molecule has 2 aromatic rings. The molecule has 0 heterocycles. The number of anilines is 2. The fraction of sp³-hybridized carbons (Fsp3) is 0.278. The smallest absolute Gasteiger partial charge is 0.261 e. The maximum Gasteiger partial charge on any atom is 0.261 e. The van der Waals surface area contributed by atoms with Gasteiger partial charge >= 0.3 is 0 Å². The Hall–Kier alpha value is -2.41. The molecular weight excluding hydrogens is 343 g/mol. The Morgan fingerprint density at radius 1 is 1.12 bits per heavy atom. The SMILES string of the molecule is CC(=O)N(C)c1ccc(F)cc1NS(=O)(=O)c1ccc(C(C)C)cc1. The van der Waals surface area contributed by atoms with Gasteiger partial charge in [-0.15, -0.1) is 0 Å². The lowest BCUT2D eigenvalue weighted by atomic mass is 10.0. The third kappa shape index (κ3) is 4.36. The van der Waals surface area contributed by atoms with E-state index in [0.717, 1.165) is 11.6 Å². The number of nitrogens with zero attached hydrogens (tertiary/aromatic N) is 1. The first-order chi connectivity index (χ1) is 11.6. The highest BCUT2D eigenvalue weighted by atomic mass is 32.2. The third-order valence-electron chi connectivity index (χ3n) is 3.89. The first-order valence-corrected chi connectivity index (χ1v) is 9.27. The average Bonchev–Trinajstić information content (AvgIpc) is 2.54. The molecule has 134 valence electrons. The summed E-state index contributed by atoms with van der Waals surface area (Å²) in [6.07, 6.45) is 0. The maximum absolute atomic E-state index is 13.6. The number of hydrogen-bond donors (Lipinski definition) is 1. The van der Waals surface area contributed by atoms with E-state index in [2.05, 4.69) is 4.72 Å². The Balaban J connectivity index is 2.40. The van der Waals surface area contributed by atoms with Gasteiger partial charge in [-0.25, -0.2) is 12.8 Å². The average molecular weight is 364 g/mol. The van der Waals surface area contributed by atoms with Crippen molar-refractivity contribution in [2.24, 2.45) is 0 Å². The number of nitrogens with one attached hydrogen (secondary N) is 1. The van der Waals surface area contributed by atoms with Crippen LogP contribution in [0.2, 0.25) is 0 Å². The first-order valence-electron chi connectivity index (χ1n) is 7.78. The Labute approximate surface area is 147 Å². The van der Waals surface area contributed by atoms with Crippen molar-refractivity contribution < 1.29 is 17.6 Å². The Kier molecular flexibility index (Phi) is 5.47. The van der Waals surface area contributed by atoms with Crippen molar-refractivity contribution in [1.29, 1.82) is 0 Å². The van der Waals surface area contributed by atoms with Gasteiger partial charge in [0.25, 0.3) is 10.0 Å². The van der Waals surface area contributed by atoms with Crippen LogP contribution in [-0.4, -0.2) is 21.4 Å². The summed E-state index contributed by atoms with van der Waals surface area (Å²) in [5.74, 6) is -0.620. The minimum atomic E-state index is -3.91. The molecule has 0 saturated heterocycles. The minimum Gasteiger partial charge on any atom is -0.314 e. The predicted octanol–water partition coefficient (Wildman–Crippen LogP) is 3.73. The van der Waals surface area contributed by atoms with E-state index < -0.39 is 15.8 Å². The number of carbonyl (C=O) groups is 1. The van der Waals surface area contributed by atoms with Crippen LogP contribution in [0.4, 0.5) is 15.8 Å². The highest BCUT2D eigenvalue weighted by Gasteiger charge is 2.19. The molecule has 7 heteroatoms. The highest BCUT2D eigenvalue weighted by Crippen LogP contribution is 2.29. The van der Waals surface area contributed by atoms with Crippen molar-refractivity contribution in [2.45, 2.75) is 31.6 Å². The number of amides is 1. The molecule has 1 N–H and O–H groups in total. The molecule has 2 rings (SSSR count). The fourth-order valence-corrected chi connectivity index (χ4v) is 3.35. The van der Waals surface area contributed by atoms with Gasteiger partial charge in [0.05, 0.1) is 16.3 Å². The summed E-state index contributed by atoms with van der Waals surface area (Å²) in [5, 5.41) is 0. The van der Waals surface area contributed by atoms with Crippen LogP contribution in [0.15, 0.2) is 47.4 Å².